The van der Waals surface area contributed by atoms with Crippen LogP contribution in [0.2, 0.25) is 0 Å². The zero-order chi connectivity index (χ0) is 22.4. The van der Waals surface area contributed by atoms with Crippen LogP contribution in [0.15, 0.2) is 42.5 Å². The molecule has 10 heteroatoms. The van der Waals surface area contributed by atoms with Crippen molar-refractivity contribution in [1.29, 1.82) is 0 Å². The number of amides is 1. The first-order chi connectivity index (χ1) is 14.9. The van der Waals surface area contributed by atoms with E-state index in [1.165, 1.54) is 24.1 Å². The van der Waals surface area contributed by atoms with Crippen LogP contribution in [-0.4, -0.2) is 63.4 Å². The lowest BCUT2D eigenvalue weighted by molar-refractivity contribution is -0.134. The van der Waals surface area contributed by atoms with Crippen molar-refractivity contribution in [3.63, 3.8) is 0 Å². The van der Waals surface area contributed by atoms with Crippen LogP contribution in [0, 0.1) is 0 Å². The number of carbonyl (C=O) groups is 2. The number of nitrogens with zero attached hydrogens (tertiary/aromatic N) is 1. The summed E-state index contributed by atoms with van der Waals surface area (Å²) in [5.41, 5.74) is 0.0227. The smallest absolute Gasteiger partial charge is 0.387 e. The first-order valence-corrected chi connectivity index (χ1v) is 9.29. The molecule has 0 spiro atoms. The minimum atomic E-state index is -3.04. The fourth-order valence-corrected chi connectivity index (χ4v) is 2.87. The fraction of sp³-hybridized carbons (Fsp3) is 0.333. The Morgan fingerprint density at radius 2 is 1.90 bits per heavy atom. The number of fused-ring (bicyclic) bond motifs is 1. The summed E-state index contributed by atoms with van der Waals surface area (Å²) in [5.74, 6) is -0.300. The molecule has 8 nitrogen and oxygen atoms in total. The molecule has 31 heavy (non-hydrogen) atoms. The van der Waals surface area contributed by atoms with Crippen LogP contribution in [0.1, 0.15) is 10.4 Å². The number of para-hydroxylation sites is 2. The summed E-state index contributed by atoms with van der Waals surface area (Å²) in [6.07, 6.45) is -0.369. The Labute approximate surface area is 177 Å². The maximum atomic E-state index is 12.4. The standard InChI is InChI=1S/C21H21F2NO7/c1-24(10-14-11-28-15-5-3-4-6-16(15)30-14)19(25)12-29-20(26)13-7-8-17(31-21(22)23)18(9-13)27-2/h3-9,14,21H,10-12H2,1-2H3/t14-/m1/s1. The molecule has 0 unspecified atom stereocenters. The zero-order valence-electron chi connectivity index (χ0n) is 16.9. The SMILES string of the molecule is COc1cc(C(=O)OCC(=O)N(C)C[C@@H]2COc3ccccc3O2)ccc1OC(F)F. The number of esters is 1. The number of alkyl halides is 2. The number of ether oxygens (including phenoxy) is 5. The quantitative estimate of drug-likeness (QED) is 0.588. The Kier molecular flexibility index (Phi) is 7.11. The number of halogens is 2. The molecule has 1 atom stereocenters. The van der Waals surface area contributed by atoms with Crippen LogP contribution in [-0.2, 0) is 9.53 Å². The number of benzene rings is 2. The van der Waals surface area contributed by atoms with Crippen molar-refractivity contribution in [2.45, 2.75) is 12.7 Å². The lowest BCUT2D eigenvalue weighted by Gasteiger charge is -2.29. The molecule has 0 aliphatic carbocycles. The Bertz CT molecular complexity index is 938. The van der Waals surface area contributed by atoms with Gasteiger partial charge in [-0.3, -0.25) is 4.79 Å². The van der Waals surface area contributed by atoms with E-state index in [9.17, 15) is 18.4 Å². The predicted octanol–water partition coefficient (Wildman–Crippen LogP) is 2.75. The summed E-state index contributed by atoms with van der Waals surface area (Å²) in [4.78, 5) is 25.9. The molecule has 0 radical (unpaired) electrons. The number of hydrogen-bond acceptors (Lipinski definition) is 7. The number of hydrogen-bond donors (Lipinski definition) is 0. The molecule has 0 saturated carbocycles. The van der Waals surface area contributed by atoms with Crippen molar-refractivity contribution >= 4 is 11.9 Å². The van der Waals surface area contributed by atoms with Crippen molar-refractivity contribution in [1.82, 2.24) is 4.90 Å². The van der Waals surface area contributed by atoms with Gasteiger partial charge in [-0.15, -0.1) is 0 Å². The molecule has 2 aromatic rings. The van der Waals surface area contributed by atoms with Crippen molar-refractivity contribution in [2.75, 3.05) is 33.9 Å². The molecule has 3 rings (SSSR count). The highest BCUT2D eigenvalue weighted by Gasteiger charge is 2.24. The molecule has 2 aromatic carbocycles. The van der Waals surface area contributed by atoms with Crippen molar-refractivity contribution in [2.24, 2.45) is 0 Å². The van der Waals surface area contributed by atoms with E-state index >= 15 is 0 Å². The summed E-state index contributed by atoms with van der Waals surface area (Å²) < 4.78 is 50.5. The van der Waals surface area contributed by atoms with Crippen molar-refractivity contribution in [3.8, 4) is 23.0 Å². The number of rotatable bonds is 8. The minimum absolute atomic E-state index is 0.0227. The first kappa shape index (κ1) is 22.1. The average molecular weight is 437 g/mol. The second kappa shape index (κ2) is 9.96. The third-order valence-electron chi connectivity index (χ3n) is 4.41. The number of methoxy groups -OCH3 is 1. The van der Waals surface area contributed by atoms with Gasteiger partial charge in [-0.1, -0.05) is 12.1 Å². The largest absolute Gasteiger partial charge is 0.493 e. The van der Waals surface area contributed by atoms with E-state index in [-0.39, 0.29) is 36.3 Å². The van der Waals surface area contributed by atoms with Crippen LogP contribution in [0.25, 0.3) is 0 Å². The Balaban J connectivity index is 1.51. The highest BCUT2D eigenvalue weighted by Crippen LogP contribution is 2.31. The molecule has 0 fully saturated rings. The summed E-state index contributed by atoms with van der Waals surface area (Å²) in [5, 5.41) is 0. The Morgan fingerprint density at radius 1 is 1.16 bits per heavy atom. The zero-order valence-corrected chi connectivity index (χ0v) is 16.9. The fourth-order valence-electron chi connectivity index (χ4n) is 2.87. The van der Waals surface area contributed by atoms with E-state index in [0.29, 0.717) is 11.5 Å². The first-order valence-electron chi connectivity index (χ1n) is 9.29. The molecule has 1 amide bonds. The molecule has 166 valence electrons. The molecule has 0 bridgehead atoms. The van der Waals surface area contributed by atoms with Gasteiger partial charge in [0.2, 0.25) is 0 Å². The minimum Gasteiger partial charge on any atom is -0.493 e. The summed E-state index contributed by atoms with van der Waals surface area (Å²) in [6.45, 7) is -3.02. The van der Waals surface area contributed by atoms with Gasteiger partial charge in [-0.2, -0.15) is 8.78 Å². The topological polar surface area (TPSA) is 83.5 Å². The third-order valence-corrected chi connectivity index (χ3v) is 4.41. The maximum absolute atomic E-state index is 12.4. The highest BCUT2D eigenvalue weighted by atomic mass is 19.3. The number of carbonyl (C=O) groups excluding carboxylic acids is 2. The van der Waals surface area contributed by atoms with Crippen LogP contribution < -0.4 is 18.9 Å². The monoisotopic (exact) mass is 437 g/mol. The summed E-state index contributed by atoms with van der Waals surface area (Å²) in [6, 6.07) is 10.8. The van der Waals surface area contributed by atoms with Gasteiger partial charge in [0.25, 0.3) is 5.91 Å². The number of likely N-dealkylation sites (N-methyl/N-ethyl adjacent to an activating group) is 1. The Morgan fingerprint density at radius 3 is 2.61 bits per heavy atom. The molecule has 0 N–H and O–H groups in total. The lowest BCUT2D eigenvalue weighted by Crippen LogP contribution is -2.43. The highest BCUT2D eigenvalue weighted by molar-refractivity contribution is 5.92. The molecule has 1 aliphatic rings. The summed E-state index contributed by atoms with van der Waals surface area (Å²) >= 11 is 0. The molecular formula is C21H21F2NO7. The molecule has 0 saturated heterocycles. The van der Waals surface area contributed by atoms with Crippen LogP contribution in [0.4, 0.5) is 8.78 Å². The van der Waals surface area contributed by atoms with Gasteiger partial charge < -0.3 is 28.6 Å². The van der Waals surface area contributed by atoms with E-state index in [2.05, 4.69) is 4.74 Å². The van der Waals surface area contributed by atoms with E-state index in [0.717, 1.165) is 6.07 Å². The molecule has 1 aliphatic heterocycles. The molecular weight excluding hydrogens is 416 g/mol. The molecule has 0 aromatic heterocycles. The van der Waals surface area contributed by atoms with Gasteiger partial charge in [0.15, 0.2) is 35.7 Å². The summed E-state index contributed by atoms with van der Waals surface area (Å²) in [7, 11) is 2.80. The lowest BCUT2D eigenvalue weighted by atomic mass is 10.2. The van der Waals surface area contributed by atoms with Crippen molar-refractivity contribution in [3.05, 3.63) is 48.0 Å². The predicted molar refractivity (Wildman–Crippen MR) is 104 cm³/mol. The van der Waals surface area contributed by atoms with Gasteiger partial charge in [-0.25, -0.2) is 4.79 Å². The second-order valence-electron chi connectivity index (χ2n) is 6.59. The van der Waals surface area contributed by atoms with Gasteiger partial charge >= 0.3 is 12.6 Å². The normalized spacial score (nSPS) is 14.7. The van der Waals surface area contributed by atoms with E-state index in [1.807, 2.05) is 12.1 Å². The van der Waals surface area contributed by atoms with Crippen molar-refractivity contribution < 1.29 is 42.1 Å². The van der Waals surface area contributed by atoms with Gasteiger partial charge in [-0.05, 0) is 30.3 Å². The van der Waals surface area contributed by atoms with Gasteiger partial charge in [0.1, 0.15) is 6.61 Å². The van der Waals surface area contributed by atoms with Gasteiger partial charge in [0, 0.05) is 7.05 Å². The van der Waals surface area contributed by atoms with E-state index < -0.39 is 25.1 Å². The van der Waals surface area contributed by atoms with Crippen LogP contribution in [0.5, 0.6) is 23.0 Å². The van der Waals surface area contributed by atoms with Gasteiger partial charge in [0.05, 0.1) is 19.2 Å². The Hall–Kier alpha value is -3.56. The third kappa shape index (κ3) is 5.74. The molecule has 1 heterocycles. The van der Waals surface area contributed by atoms with E-state index in [4.69, 9.17) is 18.9 Å². The van der Waals surface area contributed by atoms with Crippen LogP contribution in [0.3, 0.4) is 0 Å². The average Bonchev–Trinajstić information content (AvgIpc) is 2.76. The van der Waals surface area contributed by atoms with E-state index in [1.54, 1.807) is 19.2 Å². The maximum Gasteiger partial charge on any atom is 0.387 e. The second-order valence-corrected chi connectivity index (χ2v) is 6.59. The van der Waals surface area contributed by atoms with Crippen LogP contribution >= 0.6 is 0 Å².